The first-order valence-corrected chi connectivity index (χ1v) is 10.5. The molecule has 1 saturated heterocycles. The fourth-order valence-corrected chi connectivity index (χ4v) is 4.80. The van der Waals surface area contributed by atoms with Gasteiger partial charge in [0.25, 0.3) is 5.91 Å². The van der Waals surface area contributed by atoms with Crippen LogP contribution in [0.4, 0.5) is 13.2 Å². The van der Waals surface area contributed by atoms with E-state index in [0.717, 1.165) is 25.0 Å². The van der Waals surface area contributed by atoms with Gasteiger partial charge in [0.2, 0.25) is 10.0 Å². The summed E-state index contributed by atoms with van der Waals surface area (Å²) < 4.78 is 64.8. The Hall–Kier alpha value is -2.39. The lowest BCUT2D eigenvalue weighted by atomic mass is 10.1. The van der Waals surface area contributed by atoms with Crippen molar-refractivity contribution in [3.8, 4) is 0 Å². The molecule has 0 N–H and O–H groups in total. The zero-order valence-electron chi connectivity index (χ0n) is 15.8. The minimum absolute atomic E-state index is 0.0631. The Bertz CT molecular complexity index is 983. The number of benzene rings is 2. The number of carbonyl (C=O) groups is 1. The van der Waals surface area contributed by atoms with Crippen molar-refractivity contribution in [3.63, 3.8) is 0 Å². The largest absolute Gasteiger partial charge is 0.416 e. The molecule has 0 bridgehead atoms. The van der Waals surface area contributed by atoms with Crippen LogP contribution in [0.2, 0.25) is 0 Å². The first-order chi connectivity index (χ1) is 13.6. The average molecular weight is 426 g/mol. The number of amides is 1. The maximum atomic E-state index is 12.7. The van der Waals surface area contributed by atoms with Crippen LogP contribution in [0.25, 0.3) is 0 Å². The number of hydrogen-bond donors (Lipinski definition) is 0. The van der Waals surface area contributed by atoms with Crippen molar-refractivity contribution < 1.29 is 26.4 Å². The third kappa shape index (κ3) is 4.79. The van der Waals surface area contributed by atoms with E-state index < -0.39 is 27.7 Å². The van der Waals surface area contributed by atoms with Crippen LogP contribution in [0, 0.1) is 0 Å². The molecule has 0 unspecified atom stereocenters. The van der Waals surface area contributed by atoms with Crippen LogP contribution in [-0.4, -0.2) is 43.7 Å². The second-order valence-electron chi connectivity index (χ2n) is 6.99. The first kappa shape index (κ1) is 21.3. The predicted octanol–water partition coefficient (Wildman–Crippen LogP) is 3.76. The highest BCUT2D eigenvalue weighted by Gasteiger charge is 2.30. The Morgan fingerprint density at radius 1 is 1.07 bits per heavy atom. The zero-order valence-corrected chi connectivity index (χ0v) is 16.6. The van der Waals surface area contributed by atoms with E-state index in [1.54, 1.807) is 0 Å². The molecule has 2 aromatic rings. The van der Waals surface area contributed by atoms with Crippen molar-refractivity contribution in [3.05, 3.63) is 65.2 Å². The second kappa shape index (κ2) is 8.16. The maximum Gasteiger partial charge on any atom is 0.416 e. The number of alkyl halides is 3. The van der Waals surface area contributed by atoms with Gasteiger partial charge in [0.15, 0.2) is 0 Å². The molecule has 0 spiro atoms. The molecule has 0 radical (unpaired) electrons. The summed E-state index contributed by atoms with van der Waals surface area (Å²) in [5, 5.41) is 0. The zero-order chi connectivity index (χ0) is 21.2. The lowest BCUT2D eigenvalue weighted by Crippen LogP contribution is -2.29. The van der Waals surface area contributed by atoms with Gasteiger partial charge in [-0.25, -0.2) is 8.42 Å². The van der Waals surface area contributed by atoms with E-state index in [1.165, 1.54) is 52.7 Å². The number of halogens is 3. The molecule has 1 aliphatic rings. The van der Waals surface area contributed by atoms with Gasteiger partial charge >= 0.3 is 6.18 Å². The molecular weight excluding hydrogens is 405 g/mol. The summed E-state index contributed by atoms with van der Waals surface area (Å²) in [4.78, 5) is 14.1. The number of rotatable bonds is 5. The van der Waals surface area contributed by atoms with Gasteiger partial charge in [-0.2, -0.15) is 17.5 Å². The van der Waals surface area contributed by atoms with Crippen LogP contribution in [0.15, 0.2) is 53.4 Å². The normalized spacial score (nSPS) is 15.4. The molecule has 1 amide bonds. The molecule has 2 aromatic carbocycles. The van der Waals surface area contributed by atoms with Crippen molar-refractivity contribution in [1.82, 2.24) is 9.21 Å². The lowest BCUT2D eigenvalue weighted by molar-refractivity contribution is -0.137. The van der Waals surface area contributed by atoms with E-state index in [2.05, 4.69) is 0 Å². The van der Waals surface area contributed by atoms with Crippen molar-refractivity contribution in [2.45, 2.75) is 30.5 Å². The van der Waals surface area contributed by atoms with Gasteiger partial charge in [-0.1, -0.05) is 18.2 Å². The molecule has 3 rings (SSSR count). The minimum atomic E-state index is -4.42. The molecule has 1 aliphatic heterocycles. The van der Waals surface area contributed by atoms with E-state index in [4.69, 9.17) is 0 Å². The summed E-state index contributed by atoms with van der Waals surface area (Å²) in [6, 6.07) is 10.4. The van der Waals surface area contributed by atoms with Crippen LogP contribution >= 0.6 is 0 Å². The molecule has 0 aliphatic carbocycles. The van der Waals surface area contributed by atoms with Gasteiger partial charge in [0, 0.05) is 32.2 Å². The summed E-state index contributed by atoms with van der Waals surface area (Å²) in [6.45, 7) is 1.03. The van der Waals surface area contributed by atoms with Crippen molar-refractivity contribution in [2.75, 3.05) is 20.1 Å². The van der Waals surface area contributed by atoms with Gasteiger partial charge in [-0.05, 0) is 48.7 Å². The highest BCUT2D eigenvalue weighted by atomic mass is 32.2. The van der Waals surface area contributed by atoms with Gasteiger partial charge in [0.05, 0.1) is 10.5 Å². The topological polar surface area (TPSA) is 57.7 Å². The fourth-order valence-electron chi connectivity index (χ4n) is 3.23. The molecule has 1 fully saturated rings. The van der Waals surface area contributed by atoms with E-state index in [9.17, 15) is 26.4 Å². The fraction of sp³-hybridized carbons (Fsp3) is 0.350. The monoisotopic (exact) mass is 426 g/mol. The Balaban J connectivity index is 1.74. The minimum Gasteiger partial charge on any atom is -0.337 e. The number of hydrogen-bond acceptors (Lipinski definition) is 3. The van der Waals surface area contributed by atoms with Crippen LogP contribution in [-0.2, 0) is 22.7 Å². The molecule has 156 valence electrons. The van der Waals surface area contributed by atoms with Crippen LogP contribution in [0.1, 0.15) is 34.3 Å². The van der Waals surface area contributed by atoms with Gasteiger partial charge in [-0.3, -0.25) is 4.79 Å². The van der Waals surface area contributed by atoms with Crippen molar-refractivity contribution >= 4 is 15.9 Å². The van der Waals surface area contributed by atoms with Crippen LogP contribution in [0.3, 0.4) is 0 Å². The highest BCUT2D eigenvalue weighted by Crippen LogP contribution is 2.29. The number of carbonyl (C=O) groups excluding carboxylic acids is 1. The lowest BCUT2D eigenvalue weighted by Gasteiger charge is -2.19. The molecule has 1 heterocycles. The van der Waals surface area contributed by atoms with E-state index in [-0.39, 0.29) is 17.0 Å². The molecule has 5 nitrogen and oxygen atoms in total. The standard InChI is InChI=1S/C20H21F3N2O3S/c1-24(14-15-7-9-17(10-8-15)20(21,22)23)19(26)16-5-4-6-18(13-16)29(27,28)25-11-2-3-12-25/h4-10,13H,2-3,11-12,14H2,1H3. The van der Waals surface area contributed by atoms with Crippen LogP contribution in [0.5, 0.6) is 0 Å². The van der Waals surface area contributed by atoms with Crippen molar-refractivity contribution in [2.24, 2.45) is 0 Å². The second-order valence-corrected chi connectivity index (χ2v) is 8.93. The summed E-state index contributed by atoms with van der Waals surface area (Å²) in [6.07, 6.45) is -2.79. The Labute approximate surface area is 167 Å². The Morgan fingerprint density at radius 2 is 1.69 bits per heavy atom. The van der Waals surface area contributed by atoms with E-state index in [0.29, 0.717) is 18.7 Å². The molecular formula is C20H21F3N2O3S. The quantitative estimate of drug-likeness (QED) is 0.732. The molecule has 0 atom stereocenters. The summed E-state index contributed by atoms with van der Waals surface area (Å²) in [5.41, 5.74) is -0.00979. The highest BCUT2D eigenvalue weighted by molar-refractivity contribution is 7.89. The predicted molar refractivity (Wildman–Crippen MR) is 102 cm³/mol. The van der Waals surface area contributed by atoms with Gasteiger partial charge in [-0.15, -0.1) is 0 Å². The SMILES string of the molecule is CN(Cc1ccc(C(F)(F)F)cc1)C(=O)c1cccc(S(=O)(=O)N2CCCC2)c1. The van der Waals surface area contributed by atoms with Gasteiger partial charge in [0.1, 0.15) is 0 Å². The van der Waals surface area contributed by atoms with Gasteiger partial charge < -0.3 is 4.90 Å². The number of sulfonamides is 1. The van der Waals surface area contributed by atoms with E-state index in [1.807, 2.05) is 0 Å². The van der Waals surface area contributed by atoms with Crippen molar-refractivity contribution in [1.29, 1.82) is 0 Å². The average Bonchev–Trinajstić information content (AvgIpc) is 3.23. The number of nitrogens with zero attached hydrogens (tertiary/aromatic N) is 2. The Morgan fingerprint density at radius 3 is 2.28 bits per heavy atom. The summed E-state index contributed by atoms with van der Waals surface area (Å²) in [5.74, 6) is -0.414. The maximum absolute atomic E-state index is 12.7. The van der Waals surface area contributed by atoms with E-state index >= 15 is 0 Å². The molecule has 0 saturated carbocycles. The van der Waals surface area contributed by atoms with Crippen LogP contribution < -0.4 is 0 Å². The first-order valence-electron chi connectivity index (χ1n) is 9.11. The molecule has 0 aromatic heterocycles. The molecule has 9 heteroatoms. The summed E-state index contributed by atoms with van der Waals surface area (Å²) in [7, 11) is -2.13. The molecule has 29 heavy (non-hydrogen) atoms. The third-order valence-electron chi connectivity index (χ3n) is 4.83. The third-order valence-corrected chi connectivity index (χ3v) is 6.73. The Kier molecular flexibility index (Phi) is 6.00. The smallest absolute Gasteiger partial charge is 0.337 e. The summed E-state index contributed by atoms with van der Waals surface area (Å²) >= 11 is 0.